The molecule has 128 valence electrons. The summed E-state index contributed by atoms with van der Waals surface area (Å²) >= 11 is 0. The van der Waals surface area contributed by atoms with Crippen molar-refractivity contribution in [2.45, 2.75) is 19.9 Å². The number of ether oxygens (including phenoxy) is 1. The average Bonchev–Trinajstić information content (AvgIpc) is 2.66. The molecule has 0 aromatic heterocycles. The van der Waals surface area contributed by atoms with Gasteiger partial charge in [0.15, 0.2) is 12.4 Å². The number of hydrogen-bond donors (Lipinski definition) is 0. The zero-order valence-corrected chi connectivity index (χ0v) is 14.4. The lowest BCUT2D eigenvalue weighted by atomic mass is 10.1. The van der Waals surface area contributed by atoms with Gasteiger partial charge in [0.2, 0.25) is 0 Å². The molecule has 0 radical (unpaired) electrons. The summed E-state index contributed by atoms with van der Waals surface area (Å²) in [6.07, 6.45) is 0.457. The molecule has 1 amide bonds. The van der Waals surface area contributed by atoms with Crippen LogP contribution in [-0.4, -0.2) is 30.2 Å². The maximum atomic E-state index is 12.2. The standard InChI is InChI=1S/C20H20N2O3/c1-3-19(23)17-8-10-18(11-9-17)25-14-20(24)22(2)13-16-6-4-15(12-21)5-7-16/h4-11H,3,13-14H2,1-2H3. The second-order valence-corrected chi connectivity index (χ2v) is 5.65. The lowest BCUT2D eigenvalue weighted by Gasteiger charge is -2.17. The molecule has 0 fully saturated rings. The second-order valence-electron chi connectivity index (χ2n) is 5.65. The third-order valence-electron chi connectivity index (χ3n) is 3.79. The summed E-state index contributed by atoms with van der Waals surface area (Å²) in [5.74, 6) is 0.468. The van der Waals surface area contributed by atoms with E-state index in [9.17, 15) is 9.59 Å². The van der Waals surface area contributed by atoms with Crippen molar-refractivity contribution < 1.29 is 14.3 Å². The molecule has 5 heteroatoms. The van der Waals surface area contributed by atoms with E-state index in [0.29, 0.717) is 29.8 Å². The number of likely N-dealkylation sites (N-methyl/N-ethyl adjacent to an activating group) is 1. The van der Waals surface area contributed by atoms with Crippen LogP contribution in [0.3, 0.4) is 0 Å². The molecule has 25 heavy (non-hydrogen) atoms. The average molecular weight is 336 g/mol. The van der Waals surface area contributed by atoms with Crippen molar-refractivity contribution in [1.82, 2.24) is 4.90 Å². The first-order valence-corrected chi connectivity index (χ1v) is 8.02. The van der Waals surface area contributed by atoms with Gasteiger partial charge in [0.05, 0.1) is 11.6 Å². The molecule has 0 spiro atoms. The molecule has 0 N–H and O–H groups in total. The number of carbonyl (C=O) groups is 2. The number of nitrogens with zero attached hydrogens (tertiary/aromatic N) is 2. The van der Waals surface area contributed by atoms with Crippen LogP contribution in [-0.2, 0) is 11.3 Å². The Bertz CT molecular complexity index is 774. The largest absolute Gasteiger partial charge is 0.484 e. The van der Waals surface area contributed by atoms with Crippen molar-refractivity contribution in [2.75, 3.05) is 13.7 Å². The van der Waals surface area contributed by atoms with Gasteiger partial charge in [-0.2, -0.15) is 5.26 Å². The van der Waals surface area contributed by atoms with E-state index < -0.39 is 0 Å². The molecule has 0 heterocycles. The summed E-state index contributed by atoms with van der Waals surface area (Å²) in [5, 5.41) is 8.79. The van der Waals surface area contributed by atoms with Crippen molar-refractivity contribution in [3.8, 4) is 11.8 Å². The summed E-state index contributed by atoms with van der Waals surface area (Å²) < 4.78 is 5.49. The third-order valence-corrected chi connectivity index (χ3v) is 3.79. The molecule has 2 aromatic rings. The Kier molecular flexibility index (Phi) is 6.30. The first-order valence-electron chi connectivity index (χ1n) is 8.02. The number of nitriles is 1. The number of hydrogen-bond acceptors (Lipinski definition) is 4. The zero-order chi connectivity index (χ0) is 18.2. The van der Waals surface area contributed by atoms with Crippen LogP contribution in [0.4, 0.5) is 0 Å². The van der Waals surface area contributed by atoms with Crippen molar-refractivity contribution >= 4 is 11.7 Å². The molecule has 0 aliphatic heterocycles. The maximum Gasteiger partial charge on any atom is 0.260 e. The minimum atomic E-state index is -0.155. The first kappa shape index (κ1) is 18.2. The van der Waals surface area contributed by atoms with Crippen LogP contribution < -0.4 is 4.74 Å². The van der Waals surface area contributed by atoms with Crippen LogP contribution in [0, 0.1) is 11.3 Å². The number of benzene rings is 2. The highest BCUT2D eigenvalue weighted by atomic mass is 16.5. The molecule has 0 unspecified atom stereocenters. The third kappa shape index (κ3) is 5.18. The van der Waals surface area contributed by atoms with Gasteiger partial charge in [-0.25, -0.2) is 0 Å². The molecule has 0 saturated heterocycles. The Morgan fingerprint density at radius 1 is 1.08 bits per heavy atom. The van der Waals surface area contributed by atoms with E-state index in [1.165, 1.54) is 0 Å². The smallest absolute Gasteiger partial charge is 0.260 e. The van der Waals surface area contributed by atoms with Gasteiger partial charge >= 0.3 is 0 Å². The predicted molar refractivity (Wildman–Crippen MR) is 94.2 cm³/mol. The van der Waals surface area contributed by atoms with Crippen LogP contribution in [0.25, 0.3) is 0 Å². The summed E-state index contributed by atoms with van der Waals surface area (Å²) in [7, 11) is 1.70. The summed E-state index contributed by atoms with van der Waals surface area (Å²) in [4.78, 5) is 25.3. The number of rotatable bonds is 7. The predicted octanol–water partition coefficient (Wildman–Crippen LogP) is 3.19. The van der Waals surface area contributed by atoms with E-state index in [-0.39, 0.29) is 18.3 Å². The highest BCUT2D eigenvalue weighted by Crippen LogP contribution is 2.14. The van der Waals surface area contributed by atoms with E-state index >= 15 is 0 Å². The lowest BCUT2D eigenvalue weighted by Crippen LogP contribution is -2.30. The molecular formula is C20H20N2O3. The Morgan fingerprint density at radius 2 is 1.72 bits per heavy atom. The minimum Gasteiger partial charge on any atom is -0.484 e. The fourth-order valence-electron chi connectivity index (χ4n) is 2.24. The van der Waals surface area contributed by atoms with E-state index in [1.807, 2.05) is 19.1 Å². The monoisotopic (exact) mass is 336 g/mol. The fourth-order valence-corrected chi connectivity index (χ4v) is 2.24. The van der Waals surface area contributed by atoms with Crippen LogP contribution in [0.1, 0.15) is 34.8 Å². The SMILES string of the molecule is CCC(=O)c1ccc(OCC(=O)N(C)Cc2ccc(C#N)cc2)cc1. The van der Waals surface area contributed by atoms with Gasteiger partial charge in [-0.05, 0) is 42.0 Å². The van der Waals surface area contributed by atoms with E-state index in [1.54, 1.807) is 48.3 Å². The molecule has 0 aliphatic carbocycles. The Labute approximate surface area is 147 Å². The molecule has 2 rings (SSSR count). The van der Waals surface area contributed by atoms with Gasteiger partial charge < -0.3 is 9.64 Å². The maximum absolute atomic E-state index is 12.2. The van der Waals surface area contributed by atoms with Crippen LogP contribution in [0.15, 0.2) is 48.5 Å². The molecule has 2 aromatic carbocycles. The van der Waals surface area contributed by atoms with Crippen molar-refractivity contribution in [3.05, 3.63) is 65.2 Å². The van der Waals surface area contributed by atoms with Gasteiger partial charge in [-0.3, -0.25) is 9.59 Å². The van der Waals surface area contributed by atoms with Crippen LogP contribution in [0.2, 0.25) is 0 Å². The second kappa shape index (κ2) is 8.65. The lowest BCUT2D eigenvalue weighted by molar-refractivity contribution is -0.132. The molecule has 0 saturated carbocycles. The van der Waals surface area contributed by atoms with Crippen LogP contribution in [0.5, 0.6) is 5.75 Å². The number of amides is 1. The van der Waals surface area contributed by atoms with Gasteiger partial charge in [0.25, 0.3) is 5.91 Å². The topological polar surface area (TPSA) is 70.4 Å². The normalized spacial score (nSPS) is 9.96. The minimum absolute atomic E-state index is 0.0739. The highest BCUT2D eigenvalue weighted by molar-refractivity contribution is 5.95. The molecule has 0 aliphatic rings. The Morgan fingerprint density at radius 3 is 2.28 bits per heavy atom. The summed E-state index contributed by atoms with van der Waals surface area (Å²) in [5.41, 5.74) is 2.17. The Balaban J connectivity index is 1.86. The molecule has 5 nitrogen and oxygen atoms in total. The van der Waals surface area contributed by atoms with E-state index in [2.05, 4.69) is 6.07 Å². The van der Waals surface area contributed by atoms with Gasteiger partial charge in [0, 0.05) is 25.6 Å². The highest BCUT2D eigenvalue weighted by Gasteiger charge is 2.11. The van der Waals surface area contributed by atoms with Crippen LogP contribution >= 0.6 is 0 Å². The molecular weight excluding hydrogens is 316 g/mol. The molecule has 0 bridgehead atoms. The number of ketones is 1. The van der Waals surface area contributed by atoms with Crippen molar-refractivity contribution in [1.29, 1.82) is 5.26 Å². The number of Topliss-reactive ketones (excluding diaryl/α,β-unsaturated/α-hetero) is 1. The molecule has 0 atom stereocenters. The fraction of sp³-hybridized carbons (Fsp3) is 0.250. The van der Waals surface area contributed by atoms with E-state index in [0.717, 1.165) is 5.56 Å². The van der Waals surface area contributed by atoms with Crippen molar-refractivity contribution in [3.63, 3.8) is 0 Å². The van der Waals surface area contributed by atoms with Gasteiger partial charge in [0.1, 0.15) is 5.75 Å². The van der Waals surface area contributed by atoms with E-state index in [4.69, 9.17) is 10.00 Å². The van der Waals surface area contributed by atoms with Gasteiger partial charge in [-0.15, -0.1) is 0 Å². The Hall–Kier alpha value is -3.13. The summed E-state index contributed by atoms with van der Waals surface area (Å²) in [6.45, 7) is 2.18. The number of carbonyl (C=O) groups excluding carboxylic acids is 2. The van der Waals surface area contributed by atoms with Gasteiger partial charge in [-0.1, -0.05) is 19.1 Å². The zero-order valence-electron chi connectivity index (χ0n) is 14.4. The van der Waals surface area contributed by atoms with Crippen molar-refractivity contribution in [2.24, 2.45) is 0 Å². The quantitative estimate of drug-likeness (QED) is 0.728. The first-order chi connectivity index (χ1) is 12.0. The summed E-state index contributed by atoms with van der Waals surface area (Å²) in [6, 6.07) is 15.9.